The van der Waals surface area contributed by atoms with Gasteiger partial charge in [0.05, 0.1) is 18.6 Å². The van der Waals surface area contributed by atoms with Gasteiger partial charge in [0.1, 0.15) is 0 Å². The number of hydrogen-bond acceptors (Lipinski definition) is 4. The molecule has 0 fully saturated rings. The van der Waals surface area contributed by atoms with Gasteiger partial charge in [-0.2, -0.15) is 0 Å². The third-order valence-corrected chi connectivity index (χ3v) is 2.66. The van der Waals surface area contributed by atoms with Crippen molar-refractivity contribution in [2.24, 2.45) is 5.92 Å². The van der Waals surface area contributed by atoms with Crippen LogP contribution in [0.15, 0.2) is 24.5 Å². The van der Waals surface area contributed by atoms with Gasteiger partial charge in [-0.3, -0.25) is 9.78 Å². The molecular formula is C11H15NO3. The third kappa shape index (κ3) is 2.33. The van der Waals surface area contributed by atoms with Crippen molar-refractivity contribution in [3.8, 4) is 0 Å². The smallest absolute Gasteiger partial charge is 0.311 e. The lowest BCUT2D eigenvalue weighted by atomic mass is 9.84. The van der Waals surface area contributed by atoms with Crippen LogP contribution in [0.4, 0.5) is 0 Å². The Morgan fingerprint density at radius 1 is 1.53 bits per heavy atom. The minimum Gasteiger partial charge on any atom is -0.469 e. The highest BCUT2D eigenvalue weighted by Gasteiger charge is 2.36. The van der Waals surface area contributed by atoms with Crippen LogP contribution >= 0.6 is 0 Å². The number of rotatable bonds is 3. The summed E-state index contributed by atoms with van der Waals surface area (Å²) in [6.45, 7) is 3.22. The van der Waals surface area contributed by atoms with Crippen molar-refractivity contribution in [2.75, 3.05) is 7.11 Å². The number of aromatic nitrogens is 1. The van der Waals surface area contributed by atoms with Gasteiger partial charge in [-0.25, -0.2) is 0 Å². The van der Waals surface area contributed by atoms with Gasteiger partial charge in [0.25, 0.3) is 0 Å². The average Bonchev–Trinajstić information content (AvgIpc) is 2.28. The molecule has 2 unspecified atom stereocenters. The Labute approximate surface area is 88.9 Å². The number of aliphatic hydroxyl groups is 1. The van der Waals surface area contributed by atoms with Crippen molar-refractivity contribution in [1.29, 1.82) is 0 Å². The second-order valence-electron chi connectivity index (χ2n) is 3.63. The van der Waals surface area contributed by atoms with Crippen molar-refractivity contribution >= 4 is 5.97 Å². The number of hydrogen-bond donors (Lipinski definition) is 1. The van der Waals surface area contributed by atoms with Crippen LogP contribution in [0, 0.1) is 5.92 Å². The first-order chi connectivity index (χ1) is 7.00. The maximum absolute atomic E-state index is 11.3. The Morgan fingerprint density at radius 3 is 2.53 bits per heavy atom. The number of esters is 1. The summed E-state index contributed by atoms with van der Waals surface area (Å²) in [4.78, 5) is 15.2. The Kier molecular flexibility index (Phi) is 3.42. The van der Waals surface area contributed by atoms with Crippen LogP contribution < -0.4 is 0 Å². The SMILES string of the molecule is COC(=O)C(C)C(C)(O)c1ccncc1. The lowest BCUT2D eigenvalue weighted by Crippen LogP contribution is -2.35. The minimum absolute atomic E-state index is 0.434. The molecule has 1 aromatic heterocycles. The van der Waals surface area contributed by atoms with E-state index >= 15 is 0 Å². The summed E-state index contributed by atoms with van der Waals surface area (Å²) < 4.78 is 4.61. The third-order valence-electron chi connectivity index (χ3n) is 2.66. The molecule has 15 heavy (non-hydrogen) atoms. The Bertz CT molecular complexity index is 335. The van der Waals surface area contributed by atoms with Gasteiger partial charge in [0, 0.05) is 12.4 Å². The summed E-state index contributed by atoms with van der Waals surface area (Å²) in [5, 5.41) is 10.2. The van der Waals surface area contributed by atoms with E-state index in [4.69, 9.17) is 0 Å². The Hall–Kier alpha value is -1.42. The van der Waals surface area contributed by atoms with E-state index in [1.165, 1.54) is 7.11 Å². The fourth-order valence-corrected chi connectivity index (χ4v) is 1.35. The first-order valence-electron chi connectivity index (χ1n) is 4.71. The summed E-state index contributed by atoms with van der Waals surface area (Å²) in [5.74, 6) is -1.05. The summed E-state index contributed by atoms with van der Waals surface area (Å²) in [5.41, 5.74) is -0.592. The fourth-order valence-electron chi connectivity index (χ4n) is 1.35. The molecular weight excluding hydrogens is 194 g/mol. The summed E-state index contributed by atoms with van der Waals surface area (Å²) in [6, 6.07) is 3.36. The van der Waals surface area contributed by atoms with Crippen LogP contribution in [0.25, 0.3) is 0 Å². The molecule has 2 atom stereocenters. The van der Waals surface area contributed by atoms with Crippen LogP contribution in [0.2, 0.25) is 0 Å². The van der Waals surface area contributed by atoms with Gasteiger partial charge < -0.3 is 9.84 Å². The topological polar surface area (TPSA) is 59.4 Å². The predicted octanol–water partition coefficient (Wildman–Crippen LogP) is 1.10. The van der Waals surface area contributed by atoms with Crippen LogP contribution in [-0.4, -0.2) is 23.2 Å². The lowest BCUT2D eigenvalue weighted by Gasteiger charge is -2.28. The maximum atomic E-state index is 11.3. The number of carbonyl (C=O) groups is 1. The van der Waals surface area contributed by atoms with Gasteiger partial charge in [0.15, 0.2) is 0 Å². The average molecular weight is 209 g/mol. The number of pyridine rings is 1. The van der Waals surface area contributed by atoms with Crippen LogP contribution in [0.5, 0.6) is 0 Å². The molecule has 0 aliphatic heterocycles. The van der Waals surface area contributed by atoms with Gasteiger partial charge in [-0.15, -0.1) is 0 Å². The molecule has 0 saturated heterocycles. The van der Waals surface area contributed by atoms with Crippen molar-refractivity contribution in [1.82, 2.24) is 4.98 Å². The highest BCUT2D eigenvalue weighted by atomic mass is 16.5. The van der Waals surface area contributed by atoms with Crippen molar-refractivity contribution < 1.29 is 14.6 Å². The second kappa shape index (κ2) is 4.40. The number of ether oxygens (including phenoxy) is 1. The van der Waals surface area contributed by atoms with E-state index in [1.807, 2.05) is 0 Å². The molecule has 0 spiro atoms. The molecule has 1 heterocycles. The molecule has 0 aliphatic carbocycles. The zero-order valence-electron chi connectivity index (χ0n) is 9.10. The largest absolute Gasteiger partial charge is 0.469 e. The van der Waals surface area contributed by atoms with Crippen molar-refractivity contribution in [2.45, 2.75) is 19.4 Å². The minimum atomic E-state index is -1.24. The summed E-state index contributed by atoms with van der Waals surface area (Å²) in [6.07, 6.45) is 3.15. The molecule has 0 aromatic carbocycles. The van der Waals surface area contributed by atoms with E-state index < -0.39 is 17.5 Å². The monoisotopic (exact) mass is 209 g/mol. The molecule has 0 radical (unpaired) electrons. The summed E-state index contributed by atoms with van der Waals surface area (Å²) >= 11 is 0. The Balaban J connectivity index is 2.97. The molecule has 0 bridgehead atoms. The molecule has 1 aromatic rings. The number of methoxy groups -OCH3 is 1. The van der Waals surface area contributed by atoms with Crippen LogP contribution in [0.1, 0.15) is 19.4 Å². The molecule has 1 rings (SSSR count). The first-order valence-corrected chi connectivity index (χ1v) is 4.71. The molecule has 0 amide bonds. The van der Waals surface area contributed by atoms with E-state index in [1.54, 1.807) is 38.4 Å². The molecule has 0 aliphatic rings. The Morgan fingerprint density at radius 2 is 2.07 bits per heavy atom. The standard InChI is InChI=1S/C11H15NO3/c1-8(10(13)15-3)11(2,14)9-4-6-12-7-5-9/h4-8,14H,1-3H3. The molecule has 1 N–H and O–H groups in total. The van der Waals surface area contributed by atoms with Gasteiger partial charge in [0.2, 0.25) is 0 Å². The predicted molar refractivity (Wildman–Crippen MR) is 55.0 cm³/mol. The summed E-state index contributed by atoms with van der Waals surface area (Å²) in [7, 11) is 1.31. The van der Waals surface area contributed by atoms with Crippen molar-refractivity contribution in [3.05, 3.63) is 30.1 Å². The second-order valence-corrected chi connectivity index (χ2v) is 3.63. The molecule has 4 nitrogen and oxygen atoms in total. The van der Waals surface area contributed by atoms with E-state index in [0.717, 1.165) is 0 Å². The van der Waals surface area contributed by atoms with Crippen molar-refractivity contribution in [3.63, 3.8) is 0 Å². The zero-order valence-corrected chi connectivity index (χ0v) is 9.10. The number of nitrogens with zero attached hydrogens (tertiary/aromatic N) is 1. The first kappa shape index (κ1) is 11.7. The lowest BCUT2D eigenvalue weighted by molar-refractivity contribution is -0.154. The quantitative estimate of drug-likeness (QED) is 0.757. The van der Waals surface area contributed by atoms with E-state index in [-0.39, 0.29) is 0 Å². The molecule has 82 valence electrons. The highest BCUT2D eigenvalue weighted by molar-refractivity contribution is 5.73. The van der Waals surface area contributed by atoms with Crippen LogP contribution in [0.3, 0.4) is 0 Å². The zero-order chi connectivity index (χ0) is 11.5. The van der Waals surface area contributed by atoms with E-state index in [9.17, 15) is 9.90 Å². The maximum Gasteiger partial charge on any atom is 0.311 e. The van der Waals surface area contributed by atoms with Gasteiger partial charge >= 0.3 is 5.97 Å². The normalized spacial score (nSPS) is 16.5. The number of carbonyl (C=O) groups excluding carboxylic acids is 1. The van der Waals surface area contributed by atoms with E-state index in [2.05, 4.69) is 9.72 Å². The van der Waals surface area contributed by atoms with E-state index in [0.29, 0.717) is 5.56 Å². The van der Waals surface area contributed by atoms with Crippen LogP contribution in [-0.2, 0) is 15.1 Å². The fraction of sp³-hybridized carbons (Fsp3) is 0.455. The highest BCUT2D eigenvalue weighted by Crippen LogP contribution is 2.29. The van der Waals surface area contributed by atoms with Gasteiger partial charge in [-0.1, -0.05) is 0 Å². The molecule has 0 saturated carbocycles. The molecule has 4 heteroatoms. The van der Waals surface area contributed by atoms with Gasteiger partial charge in [-0.05, 0) is 31.5 Å².